The maximum atomic E-state index is 12.6. The van der Waals surface area contributed by atoms with Crippen molar-refractivity contribution in [2.24, 2.45) is 0 Å². The maximum Gasteiger partial charge on any atom is 0.387 e. The molecule has 1 aliphatic rings. The van der Waals surface area contributed by atoms with E-state index in [4.69, 9.17) is 4.74 Å². The molecule has 3 amide bonds. The molecule has 2 aromatic rings. The molecular weight excluding hydrogens is 460 g/mol. The molecule has 0 atom stereocenters. The fourth-order valence-corrected chi connectivity index (χ4v) is 3.80. The number of halogens is 2. The van der Waals surface area contributed by atoms with Crippen molar-refractivity contribution < 1.29 is 32.6 Å². The molecule has 1 aromatic carbocycles. The Balaban J connectivity index is 1.65. The number of benzene rings is 1. The number of hydrogen-bond donors (Lipinski definition) is 2. The summed E-state index contributed by atoms with van der Waals surface area (Å²) in [5, 5.41) is 1.97. The van der Waals surface area contributed by atoms with Gasteiger partial charge in [0.25, 0.3) is 22.6 Å². The van der Waals surface area contributed by atoms with Crippen LogP contribution in [0.5, 0.6) is 11.5 Å². The van der Waals surface area contributed by atoms with Gasteiger partial charge in [0.2, 0.25) is 0 Å². The van der Waals surface area contributed by atoms with Gasteiger partial charge in [-0.15, -0.1) is 0 Å². The lowest BCUT2D eigenvalue weighted by Crippen LogP contribution is -2.38. The van der Waals surface area contributed by atoms with Crippen molar-refractivity contribution in [1.29, 1.82) is 0 Å². The molecule has 1 aromatic heterocycles. The Morgan fingerprint density at radius 2 is 1.97 bits per heavy atom. The molecule has 9 nitrogen and oxygen atoms in total. The summed E-state index contributed by atoms with van der Waals surface area (Å²) in [6, 6.07) is 7.07. The van der Waals surface area contributed by atoms with Gasteiger partial charge in [0, 0.05) is 18.8 Å². The molecule has 0 spiro atoms. The molecule has 0 radical (unpaired) electrons. The van der Waals surface area contributed by atoms with Gasteiger partial charge in [-0.25, -0.2) is 0 Å². The molecule has 0 saturated carbocycles. The van der Waals surface area contributed by atoms with Crippen molar-refractivity contribution >= 4 is 34.9 Å². The zero-order chi connectivity index (χ0) is 24.1. The number of hydrogen-bond acceptors (Lipinski definition) is 7. The standard InChI is InChI=1S/C21H19F2N3O6S/c1-11-3-5-13(18(28)25-11)17(27)24-7-8-26-19(29)16(33-21(26)30)10-12-4-6-14(32-20(22)23)15(9-12)31-2/h3-6,9-10,20H,7-8H2,1-2H3,(H,24,27)(H,25,28)/b16-10-. The van der Waals surface area contributed by atoms with Crippen LogP contribution in [0.15, 0.2) is 40.0 Å². The van der Waals surface area contributed by atoms with Crippen molar-refractivity contribution in [3.63, 3.8) is 0 Å². The Morgan fingerprint density at radius 1 is 1.21 bits per heavy atom. The summed E-state index contributed by atoms with van der Waals surface area (Å²) in [6.07, 6.45) is 1.42. The second-order valence-corrected chi connectivity index (χ2v) is 7.76. The first kappa shape index (κ1) is 24.0. The fraction of sp³-hybridized carbons (Fsp3) is 0.238. The normalized spacial score (nSPS) is 14.8. The minimum absolute atomic E-state index is 0.0390. The lowest BCUT2D eigenvalue weighted by Gasteiger charge is -2.13. The second-order valence-electron chi connectivity index (χ2n) is 6.76. The van der Waals surface area contributed by atoms with Gasteiger partial charge in [0.05, 0.1) is 12.0 Å². The van der Waals surface area contributed by atoms with Crippen LogP contribution in [-0.2, 0) is 4.79 Å². The number of carbonyl (C=O) groups excluding carboxylic acids is 3. The summed E-state index contributed by atoms with van der Waals surface area (Å²) < 4.78 is 34.3. The number of alkyl halides is 2. The first-order chi connectivity index (χ1) is 15.7. The van der Waals surface area contributed by atoms with Crippen LogP contribution in [0.2, 0.25) is 0 Å². The fourth-order valence-electron chi connectivity index (χ4n) is 2.94. The van der Waals surface area contributed by atoms with E-state index in [-0.39, 0.29) is 35.1 Å². The van der Waals surface area contributed by atoms with Gasteiger partial charge >= 0.3 is 6.61 Å². The minimum Gasteiger partial charge on any atom is -0.493 e. The largest absolute Gasteiger partial charge is 0.493 e. The van der Waals surface area contributed by atoms with Gasteiger partial charge in [0.15, 0.2) is 11.5 Å². The smallest absolute Gasteiger partial charge is 0.387 e. The summed E-state index contributed by atoms with van der Waals surface area (Å²) in [7, 11) is 1.28. The number of aromatic amines is 1. The van der Waals surface area contributed by atoms with Crippen molar-refractivity contribution in [2.75, 3.05) is 20.2 Å². The molecule has 33 heavy (non-hydrogen) atoms. The predicted octanol–water partition coefficient (Wildman–Crippen LogP) is 2.76. The Hall–Kier alpha value is -3.67. The molecule has 0 unspecified atom stereocenters. The van der Waals surface area contributed by atoms with Crippen molar-refractivity contribution in [1.82, 2.24) is 15.2 Å². The molecule has 2 N–H and O–H groups in total. The summed E-state index contributed by atoms with van der Waals surface area (Å²) in [4.78, 5) is 52.5. The van der Waals surface area contributed by atoms with Crippen LogP contribution in [0.4, 0.5) is 13.6 Å². The van der Waals surface area contributed by atoms with Crippen LogP contribution >= 0.6 is 11.8 Å². The third kappa shape index (κ3) is 5.77. The van der Waals surface area contributed by atoms with Gasteiger partial charge in [-0.3, -0.25) is 24.1 Å². The second kappa shape index (κ2) is 10.3. The Morgan fingerprint density at radius 3 is 2.64 bits per heavy atom. The van der Waals surface area contributed by atoms with Gasteiger partial charge in [-0.1, -0.05) is 6.07 Å². The summed E-state index contributed by atoms with van der Waals surface area (Å²) in [6.45, 7) is -1.49. The first-order valence-electron chi connectivity index (χ1n) is 9.56. The number of thioether (sulfide) groups is 1. The highest BCUT2D eigenvalue weighted by atomic mass is 32.2. The maximum absolute atomic E-state index is 12.6. The monoisotopic (exact) mass is 479 g/mol. The number of aromatic nitrogens is 1. The van der Waals surface area contributed by atoms with Crippen molar-refractivity contribution in [3.05, 3.63) is 62.4 Å². The molecule has 1 saturated heterocycles. The Bertz CT molecular complexity index is 1180. The van der Waals surface area contributed by atoms with Crippen LogP contribution in [0.25, 0.3) is 6.08 Å². The molecule has 1 aliphatic heterocycles. The van der Waals surface area contributed by atoms with Crippen LogP contribution in [-0.4, -0.2) is 53.7 Å². The number of rotatable bonds is 8. The van der Waals surface area contributed by atoms with E-state index in [2.05, 4.69) is 15.0 Å². The van der Waals surface area contributed by atoms with E-state index in [9.17, 15) is 28.0 Å². The van der Waals surface area contributed by atoms with Gasteiger partial charge < -0.3 is 19.8 Å². The highest BCUT2D eigenvalue weighted by molar-refractivity contribution is 8.18. The van der Waals surface area contributed by atoms with E-state index in [1.165, 1.54) is 37.5 Å². The Labute approximate surface area is 190 Å². The van der Waals surface area contributed by atoms with Gasteiger partial charge in [-0.05, 0) is 54.6 Å². The number of aryl methyl sites for hydroxylation is 1. The lowest BCUT2D eigenvalue weighted by atomic mass is 10.2. The minimum atomic E-state index is -3.02. The number of amides is 3. The summed E-state index contributed by atoms with van der Waals surface area (Å²) in [5.41, 5.74) is 0.422. The molecular formula is C21H19F2N3O6S. The Kier molecular flexibility index (Phi) is 7.48. The lowest BCUT2D eigenvalue weighted by molar-refractivity contribution is -0.122. The number of nitrogens with one attached hydrogen (secondary N) is 2. The average Bonchev–Trinajstić information content (AvgIpc) is 3.01. The zero-order valence-electron chi connectivity index (χ0n) is 17.5. The van der Waals surface area contributed by atoms with E-state index >= 15 is 0 Å². The quantitative estimate of drug-likeness (QED) is 0.559. The molecule has 174 valence electrons. The third-order valence-electron chi connectivity index (χ3n) is 4.50. The molecule has 12 heteroatoms. The van der Waals surface area contributed by atoms with E-state index in [1.807, 2.05) is 0 Å². The zero-order valence-corrected chi connectivity index (χ0v) is 18.3. The van der Waals surface area contributed by atoms with E-state index < -0.39 is 29.2 Å². The van der Waals surface area contributed by atoms with E-state index in [1.54, 1.807) is 13.0 Å². The summed E-state index contributed by atoms with van der Waals surface area (Å²) >= 11 is 0.703. The van der Waals surface area contributed by atoms with Gasteiger partial charge in [-0.2, -0.15) is 8.78 Å². The SMILES string of the molecule is COc1cc(/C=C2\SC(=O)N(CCNC(=O)c3ccc(C)[nH]c3=O)C2=O)ccc1OC(F)F. The van der Waals surface area contributed by atoms with E-state index in [0.717, 1.165) is 4.90 Å². The number of H-pyrrole nitrogens is 1. The molecule has 2 heterocycles. The topological polar surface area (TPSA) is 118 Å². The molecule has 0 bridgehead atoms. The predicted molar refractivity (Wildman–Crippen MR) is 116 cm³/mol. The van der Waals surface area contributed by atoms with Gasteiger partial charge in [0.1, 0.15) is 5.56 Å². The first-order valence-corrected chi connectivity index (χ1v) is 10.4. The molecule has 3 rings (SSSR count). The number of carbonyl (C=O) groups is 3. The highest BCUT2D eigenvalue weighted by Crippen LogP contribution is 2.34. The van der Waals surface area contributed by atoms with Crippen LogP contribution in [0.1, 0.15) is 21.6 Å². The summed E-state index contributed by atoms with van der Waals surface area (Å²) in [5.74, 6) is -1.32. The molecule has 0 aliphatic carbocycles. The number of nitrogens with zero attached hydrogens (tertiary/aromatic N) is 1. The van der Waals surface area contributed by atoms with Crippen LogP contribution < -0.4 is 20.3 Å². The molecule has 1 fully saturated rings. The van der Waals surface area contributed by atoms with Crippen LogP contribution in [0, 0.1) is 6.92 Å². The van der Waals surface area contributed by atoms with Crippen molar-refractivity contribution in [3.8, 4) is 11.5 Å². The number of ether oxygens (including phenoxy) is 2. The number of imide groups is 1. The van der Waals surface area contributed by atoms with Crippen LogP contribution in [0.3, 0.4) is 0 Å². The third-order valence-corrected chi connectivity index (χ3v) is 5.40. The average molecular weight is 479 g/mol. The number of methoxy groups -OCH3 is 1. The highest BCUT2D eigenvalue weighted by Gasteiger charge is 2.34. The van der Waals surface area contributed by atoms with E-state index in [0.29, 0.717) is 23.0 Å². The number of pyridine rings is 1. The van der Waals surface area contributed by atoms with Crippen molar-refractivity contribution in [2.45, 2.75) is 13.5 Å².